The molecule has 2 aromatic carbocycles. The number of rotatable bonds is 8. The lowest BCUT2D eigenvalue weighted by molar-refractivity contribution is -0.145. The highest BCUT2D eigenvalue weighted by Gasteiger charge is 2.44. The van der Waals surface area contributed by atoms with Gasteiger partial charge in [-0.15, -0.1) is 0 Å². The second kappa shape index (κ2) is 12.0. The molecule has 0 spiro atoms. The molecular formula is C28H34ClFN2O3S. The smallest absolute Gasteiger partial charge is 0.272 e. The summed E-state index contributed by atoms with van der Waals surface area (Å²) in [5.41, 5.74) is 2.82. The summed E-state index contributed by atoms with van der Waals surface area (Å²) in [5.74, 6) is 0.601. The van der Waals surface area contributed by atoms with E-state index in [1.807, 2.05) is 25.1 Å². The number of hydrogen-bond acceptors (Lipinski definition) is 5. The molecule has 194 valence electrons. The zero-order valence-electron chi connectivity index (χ0n) is 20.7. The van der Waals surface area contributed by atoms with E-state index in [0.717, 1.165) is 69.2 Å². The highest BCUT2D eigenvalue weighted by atomic mass is 35.5. The molecule has 2 saturated heterocycles. The van der Waals surface area contributed by atoms with Crippen molar-refractivity contribution in [1.82, 2.24) is 4.90 Å². The van der Waals surface area contributed by atoms with Crippen LogP contribution < -0.4 is 4.90 Å². The third kappa shape index (κ3) is 5.90. The van der Waals surface area contributed by atoms with Gasteiger partial charge in [-0.1, -0.05) is 42.8 Å². The number of carbonyl (C=O) groups is 2. The molecule has 2 aromatic rings. The molecule has 2 heterocycles. The number of amides is 1. The van der Waals surface area contributed by atoms with Crippen molar-refractivity contribution < 1.29 is 18.6 Å². The minimum Gasteiger partial charge on any atom is -0.371 e. The number of aliphatic hydroxyl groups is 1. The minimum atomic E-state index is -2.20. The number of aryl methyl sites for hydroxylation is 1. The Bertz CT molecular complexity index is 1070. The van der Waals surface area contributed by atoms with E-state index in [9.17, 15) is 18.6 Å². The van der Waals surface area contributed by atoms with Crippen LogP contribution in [-0.4, -0.2) is 48.4 Å². The van der Waals surface area contributed by atoms with Gasteiger partial charge in [0.1, 0.15) is 0 Å². The first-order valence-electron chi connectivity index (χ1n) is 12.8. The summed E-state index contributed by atoms with van der Waals surface area (Å²) >= 11 is 5.91. The van der Waals surface area contributed by atoms with Crippen LogP contribution in [0.25, 0.3) is 0 Å². The SMILES string of the molecule is CCc1cccc([C@](O)(SF)C(=O)N2CCC(CC3CCN(c4ccc(C=O)c(Cl)c4)CC3)CC2)c1. The molecule has 0 aromatic heterocycles. The van der Waals surface area contributed by atoms with Crippen LogP contribution >= 0.6 is 23.7 Å². The topological polar surface area (TPSA) is 60.9 Å². The molecule has 0 saturated carbocycles. The molecule has 8 heteroatoms. The van der Waals surface area contributed by atoms with Gasteiger partial charge in [-0.3, -0.25) is 9.59 Å². The lowest BCUT2D eigenvalue weighted by atomic mass is 9.82. The Morgan fingerprint density at radius 2 is 1.78 bits per heavy atom. The van der Waals surface area contributed by atoms with Crippen molar-refractivity contribution in [2.24, 2.45) is 11.8 Å². The zero-order chi connectivity index (χ0) is 25.7. The predicted molar refractivity (Wildman–Crippen MR) is 144 cm³/mol. The lowest BCUT2D eigenvalue weighted by Gasteiger charge is -2.39. The molecule has 0 aliphatic carbocycles. The number of anilines is 1. The minimum absolute atomic E-state index is 0.289. The second-order valence-corrected chi connectivity index (χ2v) is 11.2. The van der Waals surface area contributed by atoms with Gasteiger partial charge in [-0.05, 0) is 74.1 Å². The molecule has 0 radical (unpaired) electrons. The molecule has 36 heavy (non-hydrogen) atoms. The first-order valence-corrected chi connectivity index (χ1v) is 13.9. The van der Waals surface area contributed by atoms with Crippen molar-refractivity contribution in [3.8, 4) is 0 Å². The molecule has 5 nitrogen and oxygen atoms in total. The van der Waals surface area contributed by atoms with Crippen LogP contribution in [0.4, 0.5) is 9.57 Å². The molecule has 1 atom stereocenters. The fraction of sp³-hybridized carbons (Fsp3) is 0.500. The van der Waals surface area contributed by atoms with Gasteiger partial charge in [0, 0.05) is 43.0 Å². The molecule has 0 unspecified atom stereocenters. The Kier molecular flexibility index (Phi) is 8.96. The van der Waals surface area contributed by atoms with Crippen molar-refractivity contribution in [1.29, 1.82) is 0 Å². The summed E-state index contributed by atoms with van der Waals surface area (Å²) in [7, 11) is 0. The summed E-state index contributed by atoms with van der Waals surface area (Å²) in [6.07, 6.45) is 6.59. The highest BCUT2D eigenvalue weighted by Crippen LogP contribution is 2.39. The fourth-order valence-corrected chi connectivity index (χ4v) is 6.13. The molecule has 1 N–H and O–H groups in total. The maximum absolute atomic E-state index is 14.0. The Morgan fingerprint density at radius 3 is 2.36 bits per heavy atom. The van der Waals surface area contributed by atoms with E-state index in [1.165, 1.54) is 0 Å². The van der Waals surface area contributed by atoms with Gasteiger partial charge in [-0.25, -0.2) is 0 Å². The van der Waals surface area contributed by atoms with Gasteiger partial charge >= 0.3 is 0 Å². The third-order valence-corrected chi connectivity index (χ3v) is 8.75. The fourth-order valence-electron chi connectivity index (χ4n) is 5.50. The number of benzene rings is 2. The lowest BCUT2D eigenvalue weighted by Crippen LogP contribution is -2.48. The van der Waals surface area contributed by atoms with Crippen LogP contribution in [0.3, 0.4) is 0 Å². The highest BCUT2D eigenvalue weighted by molar-refractivity contribution is 7.95. The van der Waals surface area contributed by atoms with E-state index in [-0.39, 0.29) is 12.1 Å². The number of likely N-dealkylation sites (tertiary alicyclic amines) is 1. The maximum Gasteiger partial charge on any atom is 0.272 e. The number of carbonyl (C=O) groups excluding carboxylic acids is 2. The molecule has 0 bridgehead atoms. The van der Waals surface area contributed by atoms with Crippen LogP contribution in [0.2, 0.25) is 5.02 Å². The molecule has 2 aliphatic heterocycles. The largest absolute Gasteiger partial charge is 0.371 e. The summed E-state index contributed by atoms with van der Waals surface area (Å²) in [4.78, 5) is 25.9. The van der Waals surface area contributed by atoms with Gasteiger partial charge in [0.2, 0.25) is 4.93 Å². The van der Waals surface area contributed by atoms with Gasteiger partial charge in [0.25, 0.3) is 5.91 Å². The standard InChI is InChI=1S/C28H34ClFN2O3S/c1-2-20-4-3-5-24(17-20)28(35,36-30)27(34)32-14-10-22(11-15-32)16-21-8-12-31(13-9-21)25-7-6-23(19-33)26(29)18-25/h3-7,17-19,21-22,35H,2,8-16H2,1H3/t28-/m0/s1. The summed E-state index contributed by atoms with van der Waals surface area (Å²) in [5, 5.41) is 11.5. The molecule has 1 amide bonds. The monoisotopic (exact) mass is 532 g/mol. The first-order chi connectivity index (χ1) is 17.4. The van der Waals surface area contributed by atoms with Crippen molar-refractivity contribution in [3.63, 3.8) is 0 Å². The molecule has 4 rings (SSSR count). The Balaban J connectivity index is 1.27. The second-order valence-electron chi connectivity index (χ2n) is 10.0. The number of aldehydes is 1. The molecule has 2 aliphatic rings. The third-order valence-electron chi connectivity index (χ3n) is 7.79. The van der Waals surface area contributed by atoms with Crippen molar-refractivity contribution in [3.05, 3.63) is 64.2 Å². The van der Waals surface area contributed by atoms with E-state index in [0.29, 0.717) is 41.1 Å². The van der Waals surface area contributed by atoms with Crippen LogP contribution in [0.15, 0.2) is 42.5 Å². The predicted octanol–water partition coefficient (Wildman–Crippen LogP) is 6.02. The first kappa shape index (κ1) is 27.0. The average molecular weight is 533 g/mol. The van der Waals surface area contributed by atoms with E-state index in [1.54, 1.807) is 29.2 Å². The van der Waals surface area contributed by atoms with Crippen LogP contribution in [-0.2, 0) is 16.1 Å². The normalized spacial score (nSPS) is 19.2. The van der Waals surface area contributed by atoms with Gasteiger partial charge in [0.05, 0.1) is 17.2 Å². The molecular weight excluding hydrogens is 499 g/mol. The number of halogens is 2. The number of nitrogens with zero attached hydrogens (tertiary/aromatic N) is 2. The van der Waals surface area contributed by atoms with Gasteiger partial charge < -0.3 is 14.9 Å². The van der Waals surface area contributed by atoms with E-state index in [2.05, 4.69) is 4.90 Å². The average Bonchev–Trinajstić information content (AvgIpc) is 2.93. The van der Waals surface area contributed by atoms with Crippen molar-refractivity contribution in [2.45, 2.75) is 50.4 Å². The van der Waals surface area contributed by atoms with Crippen LogP contribution in [0, 0.1) is 11.8 Å². The number of piperidine rings is 2. The Hall–Kier alpha value is -2.09. The van der Waals surface area contributed by atoms with Crippen LogP contribution in [0.5, 0.6) is 0 Å². The van der Waals surface area contributed by atoms with Gasteiger partial charge in [-0.2, -0.15) is 3.89 Å². The zero-order valence-corrected chi connectivity index (χ0v) is 22.2. The van der Waals surface area contributed by atoms with Gasteiger partial charge in [0.15, 0.2) is 6.29 Å². The summed E-state index contributed by atoms with van der Waals surface area (Å²) in [6.45, 7) is 4.98. The van der Waals surface area contributed by atoms with Crippen molar-refractivity contribution >= 4 is 41.6 Å². The number of hydrogen-bond donors (Lipinski definition) is 1. The quantitative estimate of drug-likeness (QED) is 0.332. The van der Waals surface area contributed by atoms with Crippen LogP contribution in [0.1, 0.15) is 60.5 Å². The van der Waals surface area contributed by atoms with E-state index >= 15 is 0 Å². The maximum atomic E-state index is 14.0. The Labute approximate surface area is 222 Å². The summed E-state index contributed by atoms with van der Waals surface area (Å²) < 4.78 is 14.0. The van der Waals surface area contributed by atoms with E-state index in [4.69, 9.17) is 11.6 Å². The summed E-state index contributed by atoms with van der Waals surface area (Å²) in [6, 6.07) is 12.6. The molecule has 2 fully saturated rings. The van der Waals surface area contributed by atoms with E-state index < -0.39 is 10.8 Å². The Morgan fingerprint density at radius 1 is 1.11 bits per heavy atom. The van der Waals surface area contributed by atoms with Crippen molar-refractivity contribution in [2.75, 3.05) is 31.1 Å².